The standard InChI is InChI=1S/8H2N.12H2O.4Ti/h20*1H2;;;;/q8*-1;;;;;;;;;;;;;4*+2. The van der Waals surface area contributed by atoms with Gasteiger partial charge in [-0.15, -0.1) is 0 Å². The fourth-order valence-electron chi connectivity index (χ4n) is 0. The van der Waals surface area contributed by atoms with E-state index in [1.165, 1.54) is 0 Å². The zero-order valence-electron chi connectivity index (χ0n) is 12.6. The summed E-state index contributed by atoms with van der Waals surface area (Å²) in [5, 5.41) is 0. The van der Waals surface area contributed by atoms with Crippen LogP contribution in [0.4, 0.5) is 0 Å². The second-order valence-electron chi connectivity index (χ2n) is 0. The molecule has 0 aliphatic rings. The van der Waals surface area contributed by atoms with Gasteiger partial charge in [0, 0.05) is 0 Å². The zero-order chi connectivity index (χ0) is 0. The van der Waals surface area contributed by atoms with Crippen molar-refractivity contribution in [1.29, 1.82) is 0 Å². The number of hydrogen-bond acceptors (Lipinski definition) is 0. The predicted molar refractivity (Wildman–Crippen MR) is 85.6 cm³/mol. The van der Waals surface area contributed by atoms with E-state index in [1.807, 2.05) is 0 Å². The number of nitrogens with two attached hydrogens (primary N) is 8. The van der Waals surface area contributed by atoms with Crippen LogP contribution in [0, 0.1) is 0 Å². The molecule has 0 aliphatic carbocycles. The molecule has 0 spiro atoms. The molecule has 0 aromatic rings. The Balaban J connectivity index is 0. The van der Waals surface area contributed by atoms with E-state index in [4.69, 9.17) is 0 Å². The van der Waals surface area contributed by atoms with Crippen molar-refractivity contribution >= 4 is 0 Å². The number of hydrogen-bond donors (Lipinski definition) is 0. The normalized spacial score (nSPS) is 0. The molecule has 168 valence electrons. The summed E-state index contributed by atoms with van der Waals surface area (Å²) in [6.45, 7) is 0. The first-order chi connectivity index (χ1) is 0. The quantitative estimate of drug-likeness (QED) is 0.266. The Morgan fingerprint density at radius 1 is 0.125 bits per heavy atom. The van der Waals surface area contributed by atoms with Gasteiger partial charge in [-0.2, -0.15) is 0 Å². The van der Waals surface area contributed by atoms with E-state index >= 15 is 0 Å². The molecule has 24 heavy (non-hydrogen) atoms. The van der Waals surface area contributed by atoms with Gasteiger partial charge in [0.15, 0.2) is 0 Å². The molecule has 0 bridgehead atoms. The van der Waals surface area contributed by atoms with Crippen molar-refractivity contribution in [2.75, 3.05) is 0 Å². The van der Waals surface area contributed by atoms with Gasteiger partial charge in [-0.05, 0) is 0 Å². The van der Waals surface area contributed by atoms with E-state index in [9.17, 15) is 0 Å². The largest absolute Gasteiger partial charge is 2.00 e. The third-order valence-corrected chi connectivity index (χ3v) is 0. The molecule has 0 aromatic carbocycles. The van der Waals surface area contributed by atoms with E-state index in [1.54, 1.807) is 0 Å². The molecule has 40 N–H and O–H groups in total. The SMILES string of the molecule is O.O.O.O.O.O.O.O.O.O.O.O.[NH2-].[NH2-].[NH2-].[NH2-].[NH2-].[NH2-].[NH2-].[NH2-].[Ti+2].[Ti+2].[Ti+2].[Ti+2]. The van der Waals surface area contributed by atoms with E-state index < -0.39 is 0 Å². The van der Waals surface area contributed by atoms with Gasteiger partial charge in [-0.3, -0.25) is 0 Å². The molecule has 0 fully saturated rings. The summed E-state index contributed by atoms with van der Waals surface area (Å²) < 4.78 is 0. The molecule has 0 radical (unpaired) electrons. The second-order valence-corrected chi connectivity index (χ2v) is 0. The minimum atomic E-state index is 0. The van der Waals surface area contributed by atoms with Gasteiger partial charge in [0.2, 0.25) is 0 Å². The smallest absolute Gasteiger partial charge is 0.693 e. The first-order valence-electron chi connectivity index (χ1n) is 0. The predicted octanol–water partition coefficient (Wildman–Crippen LogP) is -4.17. The molecule has 0 aliphatic heterocycles. The minimum absolute atomic E-state index is 0. The topological polar surface area (TPSA) is 646 Å². The molecule has 0 aromatic heterocycles. The van der Waals surface area contributed by atoms with Crippen molar-refractivity contribution in [3.05, 3.63) is 49.2 Å². The summed E-state index contributed by atoms with van der Waals surface area (Å²) in [5.41, 5.74) is 0. The molecule has 0 saturated carbocycles. The third kappa shape index (κ3) is 3020. The Morgan fingerprint density at radius 2 is 0.125 bits per heavy atom. The maximum absolute atomic E-state index is 0. The van der Waals surface area contributed by atoms with Gasteiger partial charge in [0.25, 0.3) is 0 Å². The summed E-state index contributed by atoms with van der Waals surface area (Å²) >= 11 is 0. The van der Waals surface area contributed by atoms with Crippen LogP contribution in [0.3, 0.4) is 0 Å². The van der Waals surface area contributed by atoms with Gasteiger partial charge in [0.05, 0.1) is 0 Å². The Labute approximate surface area is 200 Å². The first-order valence-corrected chi connectivity index (χ1v) is 0. The Hall–Kier alpha value is 2.06. The maximum Gasteiger partial charge on any atom is 2.00 e. The molecule has 0 rings (SSSR count). The van der Waals surface area contributed by atoms with Crippen molar-refractivity contribution < 1.29 is 153 Å². The van der Waals surface area contributed by atoms with Crippen molar-refractivity contribution in [3.8, 4) is 0 Å². The summed E-state index contributed by atoms with van der Waals surface area (Å²) in [5.74, 6) is 0. The molecule has 0 heterocycles. The molecule has 0 unspecified atom stereocenters. The van der Waals surface area contributed by atoms with E-state index in [0.29, 0.717) is 0 Å². The van der Waals surface area contributed by atoms with Crippen LogP contribution < -0.4 is 0 Å². The number of rotatable bonds is 0. The van der Waals surface area contributed by atoms with Crippen LogP contribution in [-0.4, -0.2) is 65.7 Å². The summed E-state index contributed by atoms with van der Waals surface area (Å²) in [4.78, 5) is 0. The van der Waals surface area contributed by atoms with Crippen LogP contribution in [0.5, 0.6) is 0 Å². The molecule has 0 saturated heterocycles. The van der Waals surface area contributed by atoms with Gasteiger partial charge in [-0.25, -0.2) is 0 Å². The van der Waals surface area contributed by atoms with Crippen LogP contribution in [-0.2, 0) is 86.9 Å². The van der Waals surface area contributed by atoms with Crippen molar-refractivity contribution in [1.82, 2.24) is 0 Å². The summed E-state index contributed by atoms with van der Waals surface area (Å²) in [6, 6.07) is 0. The van der Waals surface area contributed by atoms with Gasteiger partial charge >= 0.3 is 86.9 Å². The van der Waals surface area contributed by atoms with Crippen LogP contribution in [0.2, 0.25) is 0 Å². The fourth-order valence-corrected chi connectivity index (χ4v) is 0. The zero-order valence-corrected chi connectivity index (χ0v) is 18.9. The van der Waals surface area contributed by atoms with Crippen LogP contribution in [0.15, 0.2) is 0 Å². The molecular formula is H40N8O12Ti4. The van der Waals surface area contributed by atoms with Gasteiger partial charge < -0.3 is 115 Å². The van der Waals surface area contributed by atoms with E-state index in [-0.39, 0.29) is 202 Å². The first kappa shape index (κ1) is 3870. The third-order valence-electron chi connectivity index (χ3n) is 0. The minimum Gasteiger partial charge on any atom is -0.693 e. The Morgan fingerprint density at radius 3 is 0.125 bits per heavy atom. The van der Waals surface area contributed by atoms with E-state index in [2.05, 4.69) is 0 Å². The molecule has 20 nitrogen and oxygen atoms in total. The van der Waals surface area contributed by atoms with Crippen LogP contribution >= 0.6 is 0 Å². The molecule has 0 amide bonds. The summed E-state index contributed by atoms with van der Waals surface area (Å²) in [7, 11) is 0. The summed E-state index contributed by atoms with van der Waals surface area (Å²) in [6.07, 6.45) is 0. The molecule has 0 atom stereocenters. The van der Waals surface area contributed by atoms with Crippen LogP contribution in [0.25, 0.3) is 49.2 Å². The average Bonchev–Trinajstić information content (AvgIpc) is 0. The maximum atomic E-state index is 0. The van der Waals surface area contributed by atoms with Crippen molar-refractivity contribution in [2.24, 2.45) is 0 Å². The Kier molecular flexibility index (Phi) is 552000. The fraction of sp³-hybridized carbons (Fsp3) is 0. The van der Waals surface area contributed by atoms with Crippen molar-refractivity contribution in [2.45, 2.75) is 0 Å². The van der Waals surface area contributed by atoms with Crippen molar-refractivity contribution in [3.63, 3.8) is 0 Å². The van der Waals surface area contributed by atoms with Gasteiger partial charge in [0.1, 0.15) is 0 Å². The monoisotopic (exact) mass is 536 g/mol. The Bertz CT molecular complexity index is 35.0. The van der Waals surface area contributed by atoms with Gasteiger partial charge in [-0.1, -0.05) is 0 Å². The van der Waals surface area contributed by atoms with Crippen LogP contribution in [0.1, 0.15) is 0 Å². The van der Waals surface area contributed by atoms with E-state index in [0.717, 1.165) is 0 Å². The second kappa shape index (κ2) is 3430. The average molecular weight is 536 g/mol. The molecular weight excluding hydrogens is 496 g/mol. The molecule has 24 heteroatoms.